The molecule has 27 heavy (non-hydrogen) atoms. The molecule has 6 heteroatoms. The molecule has 0 saturated carbocycles. The van der Waals surface area contributed by atoms with Gasteiger partial charge in [0.05, 0.1) is 0 Å². The third kappa shape index (κ3) is 7.27. The van der Waals surface area contributed by atoms with Crippen LogP contribution in [0.25, 0.3) is 6.08 Å². The van der Waals surface area contributed by atoms with Crippen molar-refractivity contribution in [1.82, 2.24) is 5.32 Å². The SMILES string of the molecule is CSc1ccc(/C=C/C(=O)O[C@@H](C)C(=O)NCCc2ccc(F)cc2)cc1. The summed E-state index contributed by atoms with van der Waals surface area (Å²) in [5.74, 6) is -1.25. The second kappa shape index (κ2) is 10.5. The van der Waals surface area contributed by atoms with Crippen molar-refractivity contribution in [2.75, 3.05) is 12.8 Å². The molecular weight excluding hydrogens is 365 g/mol. The molecule has 0 fully saturated rings. The van der Waals surface area contributed by atoms with Gasteiger partial charge in [-0.25, -0.2) is 9.18 Å². The standard InChI is InChI=1S/C21H22FNO3S/c1-15(21(25)23-14-13-17-3-8-18(22)9-4-17)26-20(24)12-7-16-5-10-19(27-2)11-6-16/h3-12,15H,13-14H2,1-2H3,(H,23,25)/b12-7+/t15-/m0/s1. The Morgan fingerprint density at radius 2 is 1.81 bits per heavy atom. The van der Waals surface area contributed by atoms with Crippen molar-refractivity contribution < 1.29 is 18.7 Å². The fourth-order valence-corrected chi connectivity index (χ4v) is 2.68. The summed E-state index contributed by atoms with van der Waals surface area (Å²) in [7, 11) is 0. The number of benzene rings is 2. The van der Waals surface area contributed by atoms with E-state index in [0.717, 1.165) is 16.0 Å². The minimum Gasteiger partial charge on any atom is -0.449 e. The summed E-state index contributed by atoms with van der Waals surface area (Å²) < 4.78 is 18.0. The van der Waals surface area contributed by atoms with Crippen LogP contribution < -0.4 is 5.32 Å². The maximum Gasteiger partial charge on any atom is 0.331 e. The molecule has 2 rings (SSSR count). The molecular formula is C21H22FNO3S. The lowest BCUT2D eigenvalue weighted by atomic mass is 10.1. The number of hydrogen-bond donors (Lipinski definition) is 1. The van der Waals surface area contributed by atoms with Gasteiger partial charge in [0.1, 0.15) is 5.82 Å². The van der Waals surface area contributed by atoms with E-state index >= 15 is 0 Å². The van der Waals surface area contributed by atoms with E-state index in [1.165, 1.54) is 25.1 Å². The van der Waals surface area contributed by atoms with Crippen molar-refractivity contribution >= 4 is 29.7 Å². The van der Waals surface area contributed by atoms with Crippen LogP contribution in [0, 0.1) is 5.82 Å². The average molecular weight is 387 g/mol. The number of rotatable bonds is 8. The highest BCUT2D eigenvalue weighted by Gasteiger charge is 2.15. The lowest BCUT2D eigenvalue weighted by Gasteiger charge is -2.12. The second-order valence-electron chi connectivity index (χ2n) is 5.85. The van der Waals surface area contributed by atoms with Gasteiger partial charge in [0.2, 0.25) is 0 Å². The molecule has 2 aromatic carbocycles. The summed E-state index contributed by atoms with van der Waals surface area (Å²) in [6, 6.07) is 13.8. The summed E-state index contributed by atoms with van der Waals surface area (Å²) in [5, 5.41) is 2.70. The van der Waals surface area contributed by atoms with Crippen LogP contribution in [0.4, 0.5) is 4.39 Å². The van der Waals surface area contributed by atoms with E-state index in [2.05, 4.69) is 5.32 Å². The number of halogens is 1. The summed E-state index contributed by atoms with van der Waals surface area (Å²) in [4.78, 5) is 25.0. The van der Waals surface area contributed by atoms with Crippen molar-refractivity contribution in [3.8, 4) is 0 Å². The number of carbonyl (C=O) groups excluding carboxylic acids is 2. The molecule has 1 N–H and O–H groups in total. The second-order valence-corrected chi connectivity index (χ2v) is 6.73. The highest BCUT2D eigenvalue weighted by molar-refractivity contribution is 7.98. The quantitative estimate of drug-likeness (QED) is 0.425. The van der Waals surface area contributed by atoms with Crippen molar-refractivity contribution in [3.63, 3.8) is 0 Å². The van der Waals surface area contributed by atoms with Crippen LogP contribution >= 0.6 is 11.8 Å². The fraction of sp³-hybridized carbons (Fsp3) is 0.238. The number of esters is 1. The van der Waals surface area contributed by atoms with E-state index in [1.54, 1.807) is 30.0 Å². The number of hydrogen-bond acceptors (Lipinski definition) is 4. The lowest BCUT2D eigenvalue weighted by Crippen LogP contribution is -2.36. The molecule has 0 heterocycles. The summed E-state index contributed by atoms with van der Waals surface area (Å²) >= 11 is 1.64. The molecule has 0 radical (unpaired) electrons. The smallest absolute Gasteiger partial charge is 0.331 e. The highest BCUT2D eigenvalue weighted by atomic mass is 32.2. The van der Waals surface area contributed by atoms with Crippen molar-refractivity contribution in [2.45, 2.75) is 24.3 Å². The first-order valence-corrected chi connectivity index (χ1v) is 9.75. The van der Waals surface area contributed by atoms with Crippen LogP contribution in [-0.4, -0.2) is 30.8 Å². The van der Waals surface area contributed by atoms with Gasteiger partial charge in [-0.2, -0.15) is 0 Å². The van der Waals surface area contributed by atoms with Gasteiger partial charge in [-0.05, 0) is 61.1 Å². The number of nitrogens with one attached hydrogen (secondary N) is 1. The predicted octanol–water partition coefficient (Wildman–Crippen LogP) is 3.85. The summed E-state index contributed by atoms with van der Waals surface area (Å²) in [5.41, 5.74) is 1.79. The van der Waals surface area contributed by atoms with E-state index in [0.29, 0.717) is 13.0 Å². The Morgan fingerprint density at radius 1 is 1.15 bits per heavy atom. The first-order valence-electron chi connectivity index (χ1n) is 8.53. The molecule has 2 aromatic rings. The molecule has 0 unspecified atom stereocenters. The zero-order valence-electron chi connectivity index (χ0n) is 15.3. The van der Waals surface area contributed by atoms with Crippen molar-refractivity contribution in [1.29, 1.82) is 0 Å². The average Bonchev–Trinajstić information content (AvgIpc) is 2.68. The van der Waals surface area contributed by atoms with Gasteiger partial charge in [0.15, 0.2) is 6.10 Å². The molecule has 4 nitrogen and oxygen atoms in total. The van der Waals surface area contributed by atoms with Crippen LogP contribution in [0.15, 0.2) is 59.5 Å². The van der Waals surface area contributed by atoms with Crippen molar-refractivity contribution in [2.24, 2.45) is 0 Å². The first kappa shape index (κ1) is 20.7. The van der Waals surface area contributed by atoms with Gasteiger partial charge in [0.25, 0.3) is 5.91 Å². The molecule has 0 aromatic heterocycles. The Balaban J connectivity index is 1.74. The molecule has 1 amide bonds. The number of ether oxygens (including phenoxy) is 1. The molecule has 0 aliphatic heterocycles. The van der Waals surface area contributed by atoms with Gasteiger partial charge in [-0.3, -0.25) is 4.79 Å². The fourth-order valence-electron chi connectivity index (χ4n) is 2.27. The summed E-state index contributed by atoms with van der Waals surface area (Å²) in [6.45, 7) is 1.90. The van der Waals surface area contributed by atoms with Gasteiger partial charge in [0, 0.05) is 17.5 Å². The van der Waals surface area contributed by atoms with E-state index in [9.17, 15) is 14.0 Å². The maximum atomic E-state index is 12.8. The van der Waals surface area contributed by atoms with E-state index < -0.39 is 12.1 Å². The Kier molecular flexibility index (Phi) is 8.07. The van der Waals surface area contributed by atoms with Crippen LogP contribution in [0.3, 0.4) is 0 Å². The molecule has 0 bridgehead atoms. The highest BCUT2D eigenvalue weighted by Crippen LogP contribution is 2.15. The molecule has 0 aliphatic carbocycles. The first-order chi connectivity index (χ1) is 13.0. The van der Waals surface area contributed by atoms with Crippen LogP contribution in [0.1, 0.15) is 18.1 Å². The van der Waals surface area contributed by atoms with Crippen LogP contribution in [-0.2, 0) is 20.7 Å². The minimum atomic E-state index is -0.894. The topological polar surface area (TPSA) is 55.4 Å². The Morgan fingerprint density at radius 3 is 2.44 bits per heavy atom. The van der Waals surface area contributed by atoms with Crippen LogP contribution in [0.2, 0.25) is 0 Å². The number of thioether (sulfide) groups is 1. The molecule has 1 atom stereocenters. The maximum absolute atomic E-state index is 12.8. The van der Waals surface area contributed by atoms with E-state index in [4.69, 9.17) is 4.74 Å². The van der Waals surface area contributed by atoms with Gasteiger partial charge in [-0.1, -0.05) is 24.3 Å². The normalized spacial score (nSPS) is 12.0. The Labute approximate surface area is 162 Å². The van der Waals surface area contributed by atoms with Crippen molar-refractivity contribution in [3.05, 3.63) is 71.6 Å². The third-order valence-electron chi connectivity index (χ3n) is 3.82. The molecule has 0 spiro atoms. The van der Waals surface area contributed by atoms with E-state index in [-0.39, 0.29) is 11.7 Å². The predicted molar refractivity (Wildman–Crippen MR) is 106 cm³/mol. The van der Waals surface area contributed by atoms with Gasteiger partial charge >= 0.3 is 5.97 Å². The monoisotopic (exact) mass is 387 g/mol. The third-order valence-corrected chi connectivity index (χ3v) is 4.56. The van der Waals surface area contributed by atoms with Crippen LogP contribution in [0.5, 0.6) is 0 Å². The van der Waals surface area contributed by atoms with Gasteiger partial charge in [-0.15, -0.1) is 11.8 Å². The van der Waals surface area contributed by atoms with E-state index in [1.807, 2.05) is 30.5 Å². The molecule has 142 valence electrons. The molecule has 0 saturated heterocycles. The zero-order valence-corrected chi connectivity index (χ0v) is 16.1. The van der Waals surface area contributed by atoms with Gasteiger partial charge < -0.3 is 10.1 Å². The number of carbonyl (C=O) groups is 2. The minimum absolute atomic E-state index is 0.295. The zero-order chi connectivity index (χ0) is 19.6. The largest absolute Gasteiger partial charge is 0.449 e. The molecule has 0 aliphatic rings. The number of amides is 1. The lowest BCUT2D eigenvalue weighted by molar-refractivity contribution is -0.150. The Bertz CT molecular complexity index is 788. The Hall–Kier alpha value is -2.60. The summed E-state index contributed by atoms with van der Waals surface area (Å²) in [6.07, 6.45) is 4.61.